The van der Waals surface area contributed by atoms with Gasteiger partial charge in [-0.2, -0.15) is 0 Å². The van der Waals surface area contributed by atoms with Crippen LogP contribution in [0.4, 0.5) is 0 Å². The van der Waals surface area contributed by atoms with Crippen LogP contribution >= 0.6 is 0 Å². The molecule has 0 heterocycles. The molecule has 3 heteroatoms. The topological polar surface area (TPSA) is 29.1 Å². The number of nitrogens with one attached hydrogen (secondary N) is 1. The molecular formula is C11H23NOS. The zero-order chi connectivity index (χ0) is 10.9. The molecule has 0 bridgehead atoms. The molecule has 0 spiro atoms. The number of hydrogen-bond acceptors (Lipinski definition) is 2. The Morgan fingerprint density at radius 1 is 1.29 bits per heavy atom. The van der Waals surface area contributed by atoms with Gasteiger partial charge >= 0.3 is 0 Å². The third kappa shape index (κ3) is 2.37. The van der Waals surface area contributed by atoms with E-state index in [9.17, 15) is 4.21 Å². The van der Waals surface area contributed by atoms with Crippen molar-refractivity contribution in [2.45, 2.75) is 56.6 Å². The Hall–Kier alpha value is 0.110. The lowest BCUT2D eigenvalue weighted by Gasteiger charge is -2.27. The summed E-state index contributed by atoms with van der Waals surface area (Å²) in [5, 5.41) is 3.70. The van der Waals surface area contributed by atoms with Crippen LogP contribution in [0.3, 0.4) is 0 Å². The molecule has 0 amide bonds. The van der Waals surface area contributed by atoms with Crippen LogP contribution in [0, 0.1) is 5.92 Å². The lowest BCUT2D eigenvalue weighted by atomic mass is 10.1. The lowest BCUT2D eigenvalue weighted by Crippen LogP contribution is -2.37. The molecule has 1 N–H and O–H groups in total. The average molecular weight is 217 g/mol. The summed E-state index contributed by atoms with van der Waals surface area (Å²) >= 11 is 0. The van der Waals surface area contributed by atoms with Crippen molar-refractivity contribution in [3.63, 3.8) is 0 Å². The van der Waals surface area contributed by atoms with Crippen molar-refractivity contribution in [2.75, 3.05) is 7.05 Å². The zero-order valence-electron chi connectivity index (χ0n) is 9.96. The fourth-order valence-electron chi connectivity index (χ4n) is 2.29. The first-order valence-electron chi connectivity index (χ1n) is 5.46. The Morgan fingerprint density at radius 2 is 1.86 bits per heavy atom. The van der Waals surface area contributed by atoms with Crippen molar-refractivity contribution >= 4 is 10.8 Å². The summed E-state index contributed by atoms with van der Waals surface area (Å²) in [6.45, 7) is 8.44. The SMILES string of the molecule is CNC1CCC(S(=O)C(C)(C)C)C1C. The molecule has 0 saturated heterocycles. The largest absolute Gasteiger partial charge is 0.317 e. The summed E-state index contributed by atoms with van der Waals surface area (Å²) in [6, 6.07) is 0.561. The third-order valence-electron chi connectivity index (χ3n) is 3.23. The summed E-state index contributed by atoms with van der Waals surface area (Å²) < 4.78 is 12.2. The van der Waals surface area contributed by atoms with E-state index in [0.717, 1.165) is 6.42 Å². The first kappa shape index (κ1) is 12.2. The highest BCUT2D eigenvalue weighted by atomic mass is 32.2. The van der Waals surface area contributed by atoms with E-state index < -0.39 is 10.8 Å². The highest BCUT2D eigenvalue weighted by molar-refractivity contribution is 7.87. The lowest BCUT2D eigenvalue weighted by molar-refractivity contribution is 0.458. The minimum absolute atomic E-state index is 0.0679. The van der Waals surface area contributed by atoms with Gasteiger partial charge in [0.1, 0.15) is 0 Å². The van der Waals surface area contributed by atoms with Gasteiger partial charge < -0.3 is 5.32 Å². The second-order valence-electron chi connectivity index (χ2n) is 5.28. The second-order valence-corrected chi connectivity index (χ2v) is 7.70. The molecule has 0 aromatic heterocycles. The summed E-state index contributed by atoms with van der Waals surface area (Å²) in [4.78, 5) is 0. The van der Waals surface area contributed by atoms with Crippen molar-refractivity contribution in [1.82, 2.24) is 5.32 Å². The molecule has 0 aromatic carbocycles. The summed E-state index contributed by atoms with van der Waals surface area (Å²) in [5.41, 5.74) is 0. The second kappa shape index (κ2) is 4.31. The molecule has 2 nitrogen and oxygen atoms in total. The summed E-state index contributed by atoms with van der Waals surface area (Å²) in [7, 11) is 1.30. The van der Waals surface area contributed by atoms with Gasteiger partial charge in [0.15, 0.2) is 0 Å². The van der Waals surface area contributed by atoms with Crippen molar-refractivity contribution in [2.24, 2.45) is 5.92 Å². The number of hydrogen-bond donors (Lipinski definition) is 1. The van der Waals surface area contributed by atoms with Gasteiger partial charge in [-0.3, -0.25) is 4.21 Å². The van der Waals surface area contributed by atoms with Crippen LogP contribution in [0.25, 0.3) is 0 Å². The normalized spacial score (nSPS) is 35.9. The molecule has 0 aliphatic heterocycles. The van der Waals surface area contributed by atoms with E-state index in [4.69, 9.17) is 0 Å². The predicted octanol–water partition coefficient (Wildman–Crippen LogP) is 1.92. The van der Waals surface area contributed by atoms with Crippen LogP contribution in [0.2, 0.25) is 0 Å². The van der Waals surface area contributed by atoms with Gasteiger partial charge in [0.25, 0.3) is 0 Å². The molecule has 0 aromatic rings. The van der Waals surface area contributed by atoms with E-state index in [1.807, 2.05) is 7.05 Å². The van der Waals surface area contributed by atoms with E-state index in [2.05, 4.69) is 33.0 Å². The van der Waals surface area contributed by atoms with Crippen LogP contribution < -0.4 is 5.32 Å². The van der Waals surface area contributed by atoms with Gasteiger partial charge in [0, 0.05) is 26.8 Å². The van der Waals surface area contributed by atoms with Crippen molar-refractivity contribution in [3.05, 3.63) is 0 Å². The summed E-state index contributed by atoms with van der Waals surface area (Å²) in [6.07, 6.45) is 2.28. The maximum Gasteiger partial charge on any atom is 0.0394 e. The Bertz CT molecular complexity index is 222. The molecule has 1 saturated carbocycles. The van der Waals surface area contributed by atoms with Crippen LogP contribution in [0.1, 0.15) is 40.5 Å². The maximum absolute atomic E-state index is 12.2. The fraction of sp³-hybridized carbons (Fsp3) is 1.00. The van der Waals surface area contributed by atoms with E-state index >= 15 is 0 Å². The average Bonchev–Trinajstić information content (AvgIpc) is 2.43. The van der Waals surface area contributed by atoms with Gasteiger partial charge in [-0.25, -0.2) is 0 Å². The molecule has 4 atom stereocenters. The monoisotopic (exact) mass is 217 g/mol. The van der Waals surface area contributed by atoms with Crippen molar-refractivity contribution < 1.29 is 4.21 Å². The Labute approximate surface area is 90.3 Å². The Balaban J connectivity index is 2.68. The van der Waals surface area contributed by atoms with E-state index in [-0.39, 0.29) is 4.75 Å². The van der Waals surface area contributed by atoms with Gasteiger partial charge in [-0.1, -0.05) is 6.92 Å². The maximum atomic E-state index is 12.2. The third-order valence-corrected chi connectivity index (χ3v) is 5.65. The highest BCUT2D eigenvalue weighted by Gasteiger charge is 2.39. The summed E-state index contributed by atoms with van der Waals surface area (Å²) in [5.74, 6) is 0.542. The van der Waals surface area contributed by atoms with E-state index in [0.29, 0.717) is 17.2 Å². The molecule has 4 unspecified atom stereocenters. The van der Waals surface area contributed by atoms with Gasteiger partial charge in [0.05, 0.1) is 0 Å². The smallest absolute Gasteiger partial charge is 0.0394 e. The molecular weight excluding hydrogens is 194 g/mol. The highest BCUT2D eigenvalue weighted by Crippen LogP contribution is 2.33. The Kier molecular flexibility index (Phi) is 3.75. The minimum Gasteiger partial charge on any atom is -0.317 e. The molecule has 1 aliphatic rings. The van der Waals surface area contributed by atoms with Crippen LogP contribution in [0.5, 0.6) is 0 Å². The van der Waals surface area contributed by atoms with Gasteiger partial charge in [-0.05, 0) is 46.6 Å². The first-order chi connectivity index (χ1) is 6.38. The first-order valence-corrected chi connectivity index (χ1v) is 6.67. The molecule has 1 aliphatic carbocycles. The van der Waals surface area contributed by atoms with Crippen LogP contribution in [-0.2, 0) is 10.8 Å². The van der Waals surface area contributed by atoms with E-state index in [1.54, 1.807) is 0 Å². The fourth-order valence-corrected chi connectivity index (χ4v) is 4.13. The molecule has 84 valence electrons. The molecule has 0 radical (unpaired) electrons. The van der Waals surface area contributed by atoms with Crippen LogP contribution in [-0.4, -0.2) is 27.3 Å². The minimum atomic E-state index is -0.705. The van der Waals surface area contributed by atoms with E-state index in [1.165, 1.54) is 6.42 Å². The van der Waals surface area contributed by atoms with Crippen molar-refractivity contribution in [3.8, 4) is 0 Å². The predicted molar refractivity (Wildman–Crippen MR) is 62.9 cm³/mol. The van der Waals surface area contributed by atoms with Gasteiger partial charge in [0.2, 0.25) is 0 Å². The quantitative estimate of drug-likeness (QED) is 0.765. The molecule has 1 fully saturated rings. The Morgan fingerprint density at radius 3 is 2.21 bits per heavy atom. The molecule has 1 rings (SSSR count). The standard InChI is InChI=1S/C11H23NOS/c1-8-9(12-5)6-7-10(8)14(13)11(2,3)4/h8-10,12H,6-7H2,1-5H3. The van der Waals surface area contributed by atoms with Crippen LogP contribution in [0.15, 0.2) is 0 Å². The number of rotatable bonds is 2. The zero-order valence-corrected chi connectivity index (χ0v) is 10.8. The molecule has 14 heavy (non-hydrogen) atoms. The van der Waals surface area contributed by atoms with Crippen molar-refractivity contribution in [1.29, 1.82) is 0 Å². The van der Waals surface area contributed by atoms with Gasteiger partial charge in [-0.15, -0.1) is 0 Å².